The molecule has 0 radical (unpaired) electrons. The first kappa shape index (κ1) is 15.7. The Hall–Kier alpha value is -2.69. The van der Waals surface area contributed by atoms with E-state index in [1.54, 1.807) is 7.05 Å². The van der Waals surface area contributed by atoms with E-state index in [0.717, 1.165) is 11.5 Å². The van der Waals surface area contributed by atoms with Crippen LogP contribution in [-0.4, -0.2) is 25.8 Å². The first-order valence-electron chi connectivity index (χ1n) is 6.85. The van der Waals surface area contributed by atoms with E-state index in [1.165, 1.54) is 24.3 Å². The average Bonchev–Trinajstić information content (AvgIpc) is 2.54. The lowest BCUT2D eigenvalue weighted by Gasteiger charge is -2.18. The highest BCUT2D eigenvalue weighted by Crippen LogP contribution is 2.18. The lowest BCUT2D eigenvalue weighted by atomic mass is 10.2. The number of nitrogens with zero attached hydrogens (tertiary/aromatic N) is 2. The van der Waals surface area contributed by atoms with Gasteiger partial charge in [0.15, 0.2) is 0 Å². The maximum Gasteiger partial charge on any atom is 0.255 e. The molecule has 114 valence electrons. The van der Waals surface area contributed by atoms with Crippen LogP contribution in [-0.2, 0) is 0 Å². The van der Waals surface area contributed by atoms with Gasteiger partial charge in [0.2, 0.25) is 0 Å². The van der Waals surface area contributed by atoms with Crippen LogP contribution in [0.15, 0.2) is 53.5 Å². The van der Waals surface area contributed by atoms with E-state index in [-0.39, 0.29) is 11.7 Å². The molecule has 2 aromatic rings. The molecule has 4 nitrogen and oxygen atoms in total. The molecule has 0 fully saturated rings. The summed E-state index contributed by atoms with van der Waals surface area (Å²) < 4.78 is 12.8. The zero-order valence-electron chi connectivity index (χ0n) is 12.8. The van der Waals surface area contributed by atoms with Gasteiger partial charge in [-0.2, -0.15) is 0 Å². The van der Waals surface area contributed by atoms with Crippen LogP contribution in [0, 0.1) is 5.82 Å². The van der Waals surface area contributed by atoms with Crippen molar-refractivity contribution >= 4 is 23.1 Å². The van der Waals surface area contributed by atoms with E-state index < -0.39 is 0 Å². The molecule has 0 spiro atoms. The number of aliphatic imine (C=N–C) groups is 1. The molecular weight excluding hydrogens is 281 g/mol. The fourth-order valence-electron chi connectivity index (χ4n) is 1.91. The van der Waals surface area contributed by atoms with Crippen LogP contribution < -0.4 is 10.2 Å². The smallest absolute Gasteiger partial charge is 0.255 e. The second-order valence-corrected chi connectivity index (χ2v) is 4.84. The zero-order chi connectivity index (χ0) is 16.1. The van der Waals surface area contributed by atoms with Gasteiger partial charge in [-0.3, -0.25) is 9.79 Å². The number of carbonyl (C=O) groups excluding carboxylic acids is 1. The lowest BCUT2D eigenvalue weighted by molar-refractivity contribution is 0.102. The van der Waals surface area contributed by atoms with E-state index in [1.807, 2.05) is 43.1 Å². The van der Waals surface area contributed by atoms with E-state index in [9.17, 15) is 9.18 Å². The zero-order valence-corrected chi connectivity index (χ0v) is 12.8. The van der Waals surface area contributed by atoms with Crippen molar-refractivity contribution in [3.05, 3.63) is 59.9 Å². The van der Waals surface area contributed by atoms with E-state index >= 15 is 0 Å². The Labute approximate surface area is 129 Å². The van der Waals surface area contributed by atoms with Gasteiger partial charge >= 0.3 is 0 Å². The number of hydrogen-bond acceptors (Lipinski definition) is 2. The van der Waals surface area contributed by atoms with Gasteiger partial charge in [0, 0.05) is 31.0 Å². The minimum atomic E-state index is -0.364. The topological polar surface area (TPSA) is 44.7 Å². The molecule has 0 saturated carbocycles. The number of anilines is 2. The molecule has 1 N–H and O–H groups in total. The summed E-state index contributed by atoms with van der Waals surface area (Å²) in [6.07, 6.45) is 0. The summed E-state index contributed by atoms with van der Waals surface area (Å²) in [5, 5.41) is 2.78. The van der Waals surface area contributed by atoms with Crippen LogP contribution in [0.3, 0.4) is 0 Å². The summed E-state index contributed by atoms with van der Waals surface area (Å²) in [4.78, 5) is 18.1. The third-order valence-electron chi connectivity index (χ3n) is 3.43. The quantitative estimate of drug-likeness (QED) is 0.695. The number of carbonyl (C=O) groups is 1. The molecule has 0 aliphatic heterocycles. The number of rotatable bonds is 3. The molecule has 0 atom stereocenters. The van der Waals surface area contributed by atoms with Crippen molar-refractivity contribution in [1.82, 2.24) is 0 Å². The molecule has 2 aromatic carbocycles. The van der Waals surface area contributed by atoms with Gasteiger partial charge in [-0.05, 0) is 55.5 Å². The molecular formula is C17H18FN3O. The highest BCUT2D eigenvalue weighted by Gasteiger charge is 2.07. The van der Waals surface area contributed by atoms with Crippen molar-refractivity contribution in [2.24, 2.45) is 4.99 Å². The molecule has 0 aliphatic carbocycles. The Morgan fingerprint density at radius 3 is 2.23 bits per heavy atom. The van der Waals surface area contributed by atoms with E-state index in [0.29, 0.717) is 11.3 Å². The summed E-state index contributed by atoms with van der Waals surface area (Å²) >= 11 is 0. The third kappa shape index (κ3) is 3.69. The normalized spacial score (nSPS) is 11.2. The number of hydrogen-bond donors (Lipinski definition) is 1. The first-order chi connectivity index (χ1) is 10.5. The van der Waals surface area contributed by atoms with Crippen LogP contribution in [0.1, 0.15) is 17.3 Å². The molecule has 0 bridgehead atoms. The highest BCUT2D eigenvalue weighted by atomic mass is 19.1. The van der Waals surface area contributed by atoms with Crippen molar-refractivity contribution in [2.45, 2.75) is 6.92 Å². The number of amidine groups is 1. The molecule has 22 heavy (non-hydrogen) atoms. The Morgan fingerprint density at radius 1 is 1.09 bits per heavy atom. The largest absolute Gasteiger partial charge is 0.334 e. The fraction of sp³-hybridized carbons (Fsp3) is 0.176. The van der Waals surface area contributed by atoms with Crippen LogP contribution in [0.4, 0.5) is 15.8 Å². The Bertz CT molecular complexity index is 678. The predicted molar refractivity (Wildman–Crippen MR) is 88.2 cm³/mol. The van der Waals surface area contributed by atoms with Crippen molar-refractivity contribution in [3.63, 3.8) is 0 Å². The first-order valence-corrected chi connectivity index (χ1v) is 6.85. The van der Waals surface area contributed by atoms with Gasteiger partial charge in [0.05, 0.1) is 5.84 Å². The molecule has 0 unspecified atom stereocenters. The van der Waals surface area contributed by atoms with Crippen LogP contribution in [0.2, 0.25) is 0 Å². The Morgan fingerprint density at radius 2 is 1.68 bits per heavy atom. The predicted octanol–water partition coefficient (Wildman–Crippen LogP) is 3.56. The molecule has 1 amide bonds. The summed E-state index contributed by atoms with van der Waals surface area (Å²) in [6.45, 7) is 1.92. The average molecular weight is 299 g/mol. The highest BCUT2D eigenvalue weighted by molar-refractivity contribution is 6.04. The van der Waals surface area contributed by atoms with Crippen LogP contribution >= 0.6 is 0 Å². The van der Waals surface area contributed by atoms with Gasteiger partial charge in [-0.15, -0.1) is 0 Å². The lowest BCUT2D eigenvalue weighted by Crippen LogP contribution is -2.23. The molecule has 5 heteroatoms. The monoisotopic (exact) mass is 299 g/mol. The van der Waals surface area contributed by atoms with Crippen molar-refractivity contribution in [3.8, 4) is 0 Å². The number of benzene rings is 2. The molecule has 0 aromatic heterocycles. The fourth-order valence-corrected chi connectivity index (χ4v) is 1.91. The minimum absolute atomic E-state index is 0.271. The van der Waals surface area contributed by atoms with Gasteiger partial charge in [0.1, 0.15) is 5.82 Å². The van der Waals surface area contributed by atoms with Crippen molar-refractivity contribution in [1.29, 1.82) is 0 Å². The number of nitrogens with one attached hydrogen (secondary N) is 1. The van der Waals surface area contributed by atoms with Crippen molar-refractivity contribution in [2.75, 3.05) is 24.3 Å². The van der Waals surface area contributed by atoms with Crippen LogP contribution in [0.5, 0.6) is 0 Å². The summed E-state index contributed by atoms with van der Waals surface area (Å²) in [7, 11) is 3.66. The molecule has 0 saturated heterocycles. The van der Waals surface area contributed by atoms with Crippen molar-refractivity contribution < 1.29 is 9.18 Å². The van der Waals surface area contributed by atoms with E-state index in [4.69, 9.17) is 0 Å². The van der Waals surface area contributed by atoms with Gasteiger partial charge < -0.3 is 10.2 Å². The second-order valence-electron chi connectivity index (χ2n) is 4.84. The van der Waals surface area contributed by atoms with E-state index in [2.05, 4.69) is 10.3 Å². The SMILES string of the molecule is CN=C(C)N(C)c1ccc(NC(=O)c2ccc(F)cc2)cc1. The summed E-state index contributed by atoms with van der Waals surface area (Å²) in [5.74, 6) is 0.257. The van der Waals surface area contributed by atoms with Gasteiger partial charge in [-0.1, -0.05) is 0 Å². The number of halogens is 1. The molecule has 0 aliphatic rings. The third-order valence-corrected chi connectivity index (χ3v) is 3.43. The maximum atomic E-state index is 12.8. The second kappa shape index (κ2) is 6.85. The van der Waals surface area contributed by atoms with Gasteiger partial charge in [0.25, 0.3) is 5.91 Å². The summed E-state index contributed by atoms with van der Waals surface area (Å²) in [6, 6.07) is 12.9. The standard InChI is InChI=1S/C17H18FN3O/c1-12(19-2)21(3)16-10-8-15(9-11-16)20-17(22)13-4-6-14(18)7-5-13/h4-11H,1-3H3,(H,20,22). The van der Waals surface area contributed by atoms with Crippen LogP contribution in [0.25, 0.3) is 0 Å². The molecule has 0 heterocycles. The number of amides is 1. The maximum absolute atomic E-state index is 12.8. The Balaban J connectivity index is 2.08. The molecule has 2 rings (SSSR count). The summed E-state index contributed by atoms with van der Waals surface area (Å²) in [5.41, 5.74) is 2.07. The Kier molecular flexibility index (Phi) is 4.88. The minimum Gasteiger partial charge on any atom is -0.334 e. The van der Waals surface area contributed by atoms with Gasteiger partial charge in [-0.25, -0.2) is 4.39 Å².